The van der Waals surface area contributed by atoms with Gasteiger partial charge in [-0.25, -0.2) is 4.68 Å². The van der Waals surface area contributed by atoms with E-state index in [2.05, 4.69) is 27.5 Å². The molecule has 0 bridgehead atoms. The van der Waals surface area contributed by atoms with Crippen LogP contribution in [0.4, 0.5) is 0 Å². The molecule has 6 nitrogen and oxygen atoms in total. The average molecular weight is 374 g/mol. The lowest BCUT2D eigenvalue weighted by molar-refractivity contribution is 0.377. The first-order valence-corrected chi connectivity index (χ1v) is 9.07. The first-order chi connectivity index (χ1) is 12.4. The van der Waals surface area contributed by atoms with Crippen LogP contribution in [-0.2, 0) is 12.8 Å². The monoisotopic (exact) mass is 373 g/mol. The van der Waals surface area contributed by atoms with Gasteiger partial charge in [0.25, 0.3) is 0 Å². The summed E-state index contributed by atoms with van der Waals surface area (Å²) in [6.07, 6.45) is 1.30. The predicted octanol–water partition coefficient (Wildman–Crippen LogP) is 3.58. The summed E-state index contributed by atoms with van der Waals surface area (Å²) in [5.74, 6) is 1.32. The molecule has 1 atom stereocenters. The molecular formula is C19H24ClN5O. The maximum Gasteiger partial charge on any atom is 0.231 e. The molecule has 0 saturated carbocycles. The van der Waals surface area contributed by atoms with E-state index in [1.54, 1.807) is 0 Å². The van der Waals surface area contributed by atoms with Gasteiger partial charge in [0, 0.05) is 28.7 Å². The fourth-order valence-corrected chi connectivity index (χ4v) is 3.04. The zero-order valence-electron chi connectivity index (χ0n) is 15.8. The van der Waals surface area contributed by atoms with Crippen molar-refractivity contribution in [1.82, 2.24) is 25.2 Å². The number of benzene rings is 1. The van der Waals surface area contributed by atoms with Crippen LogP contribution in [0.5, 0.6) is 0 Å². The molecule has 0 fully saturated rings. The molecule has 1 aromatic carbocycles. The number of rotatable bonds is 6. The number of hydrogen-bond acceptors (Lipinski definition) is 5. The van der Waals surface area contributed by atoms with Gasteiger partial charge in [0.05, 0.1) is 17.8 Å². The minimum Gasteiger partial charge on any atom is -0.339 e. The number of halogens is 1. The van der Waals surface area contributed by atoms with Gasteiger partial charge in [0.2, 0.25) is 5.89 Å². The van der Waals surface area contributed by atoms with Crippen molar-refractivity contribution in [1.29, 1.82) is 0 Å². The van der Waals surface area contributed by atoms with Crippen LogP contribution in [0, 0.1) is 20.8 Å². The lowest BCUT2D eigenvalue weighted by atomic mass is 10.1. The zero-order chi connectivity index (χ0) is 18.8. The number of aryl methyl sites for hydroxylation is 2. The van der Waals surface area contributed by atoms with Gasteiger partial charge in [-0.2, -0.15) is 10.1 Å². The highest BCUT2D eigenvalue weighted by Gasteiger charge is 2.17. The number of nitrogens with zero attached hydrogens (tertiary/aromatic N) is 4. The van der Waals surface area contributed by atoms with Crippen LogP contribution in [0.25, 0.3) is 5.69 Å². The molecule has 3 rings (SSSR count). The molecule has 1 N–H and O–H groups in total. The Kier molecular flexibility index (Phi) is 5.44. The first-order valence-electron chi connectivity index (χ1n) is 8.69. The Bertz CT molecular complexity index is 915. The van der Waals surface area contributed by atoms with Crippen LogP contribution in [0.3, 0.4) is 0 Å². The van der Waals surface area contributed by atoms with Crippen molar-refractivity contribution in [2.75, 3.05) is 7.05 Å². The smallest absolute Gasteiger partial charge is 0.231 e. The second kappa shape index (κ2) is 7.60. The van der Waals surface area contributed by atoms with E-state index in [0.29, 0.717) is 18.4 Å². The molecule has 0 aliphatic rings. The quantitative estimate of drug-likeness (QED) is 0.715. The Hall–Kier alpha value is -2.18. The second-order valence-electron chi connectivity index (χ2n) is 6.67. The van der Waals surface area contributed by atoms with Crippen LogP contribution in [0.2, 0.25) is 5.02 Å². The third kappa shape index (κ3) is 3.81. The van der Waals surface area contributed by atoms with Crippen molar-refractivity contribution in [3.05, 3.63) is 57.5 Å². The van der Waals surface area contributed by atoms with E-state index in [1.807, 2.05) is 50.7 Å². The van der Waals surface area contributed by atoms with Crippen molar-refractivity contribution >= 4 is 11.6 Å². The number of likely N-dealkylation sites (N-methyl/N-ethyl adjacent to an activating group) is 1. The van der Waals surface area contributed by atoms with Crippen LogP contribution < -0.4 is 5.32 Å². The lowest BCUT2D eigenvalue weighted by Crippen LogP contribution is -2.24. The van der Waals surface area contributed by atoms with Crippen molar-refractivity contribution in [2.24, 2.45) is 0 Å². The van der Waals surface area contributed by atoms with E-state index in [-0.39, 0.29) is 0 Å². The Morgan fingerprint density at radius 2 is 2.04 bits per heavy atom. The molecule has 0 spiro atoms. The van der Waals surface area contributed by atoms with Crippen molar-refractivity contribution in [3.8, 4) is 5.69 Å². The third-order valence-electron chi connectivity index (χ3n) is 4.66. The van der Waals surface area contributed by atoms with E-state index in [0.717, 1.165) is 45.5 Å². The van der Waals surface area contributed by atoms with Gasteiger partial charge in [-0.3, -0.25) is 0 Å². The first kappa shape index (κ1) is 18.6. The maximum atomic E-state index is 6.27. The summed E-state index contributed by atoms with van der Waals surface area (Å²) in [6, 6.07) is 6.26. The number of nitrogens with one attached hydrogen (secondary N) is 1. The van der Waals surface area contributed by atoms with Crippen LogP contribution in [0.15, 0.2) is 22.7 Å². The predicted molar refractivity (Wildman–Crippen MR) is 102 cm³/mol. The summed E-state index contributed by atoms with van der Waals surface area (Å²) in [4.78, 5) is 4.51. The van der Waals surface area contributed by atoms with Gasteiger partial charge < -0.3 is 9.84 Å². The van der Waals surface area contributed by atoms with Crippen LogP contribution >= 0.6 is 11.6 Å². The normalized spacial score (nSPS) is 12.5. The van der Waals surface area contributed by atoms with E-state index in [1.165, 1.54) is 0 Å². The molecule has 2 heterocycles. The lowest BCUT2D eigenvalue weighted by Gasteiger charge is -2.07. The summed E-state index contributed by atoms with van der Waals surface area (Å²) in [5.41, 5.74) is 5.08. The minimum absolute atomic E-state index is 0.304. The molecule has 26 heavy (non-hydrogen) atoms. The van der Waals surface area contributed by atoms with E-state index < -0.39 is 0 Å². The molecule has 3 aromatic rings. The largest absolute Gasteiger partial charge is 0.339 e. The Balaban J connectivity index is 1.85. The molecule has 2 aromatic heterocycles. The Morgan fingerprint density at radius 3 is 2.73 bits per heavy atom. The fourth-order valence-electron chi connectivity index (χ4n) is 2.87. The number of aromatic nitrogens is 4. The van der Waals surface area contributed by atoms with Crippen LogP contribution in [-0.4, -0.2) is 33.0 Å². The van der Waals surface area contributed by atoms with E-state index in [9.17, 15) is 0 Å². The Morgan fingerprint density at radius 1 is 1.27 bits per heavy atom. The van der Waals surface area contributed by atoms with Crippen molar-refractivity contribution in [2.45, 2.75) is 46.6 Å². The van der Waals surface area contributed by atoms with E-state index >= 15 is 0 Å². The third-order valence-corrected chi connectivity index (χ3v) is 5.07. The Labute approximate surface area is 158 Å². The highest BCUT2D eigenvalue weighted by Crippen LogP contribution is 2.24. The topological polar surface area (TPSA) is 68.8 Å². The van der Waals surface area contributed by atoms with E-state index in [4.69, 9.17) is 16.1 Å². The van der Waals surface area contributed by atoms with Crippen LogP contribution in [0.1, 0.15) is 41.2 Å². The highest BCUT2D eigenvalue weighted by molar-refractivity contribution is 6.31. The van der Waals surface area contributed by atoms with Crippen molar-refractivity contribution in [3.63, 3.8) is 0 Å². The average Bonchev–Trinajstić information content (AvgIpc) is 3.16. The summed E-state index contributed by atoms with van der Waals surface area (Å²) in [7, 11) is 1.92. The molecular weight excluding hydrogens is 350 g/mol. The van der Waals surface area contributed by atoms with Gasteiger partial charge in [-0.05, 0) is 52.4 Å². The van der Waals surface area contributed by atoms with Crippen molar-refractivity contribution < 1.29 is 4.52 Å². The SMILES string of the molecule is CNC(C)Cc1noc(Cc2c(C)nn(-c3ccc(C)c(Cl)c3)c2C)n1. The second-order valence-corrected chi connectivity index (χ2v) is 7.08. The van der Waals surface area contributed by atoms with Gasteiger partial charge >= 0.3 is 0 Å². The molecule has 0 amide bonds. The van der Waals surface area contributed by atoms with Gasteiger partial charge in [0.15, 0.2) is 5.82 Å². The molecule has 7 heteroatoms. The highest BCUT2D eigenvalue weighted by atomic mass is 35.5. The molecule has 0 radical (unpaired) electrons. The molecule has 138 valence electrons. The molecule has 0 aliphatic heterocycles. The summed E-state index contributed by atoms with van der Waals surface area (Å²) < 4.78 is 7.34. The minimum atomic E-state index is 0.304. The van der Waals surface area contributed by atoms with Gasteiger partial charge in [-0.15, -0.1) is 0 Å². The summed E-state index contributed by atoms with van der Waals surface area (Å²) in [5, 5.41) is 12.7. The van der Waals surface area contributed by atoms with Gasteiger partial charge in [0.1, 0.15) is 0 Å². The summed E-state index contributed by atoms with van der Waals surface area (Å²) >= 11 is 6.27. The molecule has 1 unspecified atom stereocenters. The van der Waals surface area contributed by atoms with Gasteiger partial charge in [-0.1, -0.05) is 22.8 Å². The summed E-state index contributed by atoms with van der Waals surface area (Å²) in [6.45, 7) is 8.11. The zero-order valence-corrected chi connectivity index (χ0v) is 16.6. The molecule has 0 aliphatic carbocycles. The molecule has 0 saturated heterocycles. The maximum absolute atomic E-state index is 6.27. The standard InChI is InChI=1S/C19H24ClN5O/c1-11-6-7-15(9-17(11)20)25-14(4)16(13(3)23-25)10-19-22-18(24-26-19)8-12(2)21-5/h6-7,9,12,21H,8,10H2,1-5H3. The number of hydrogen-bond donors (Lipinski definition) is 1. The fraction of sp³-hybridized carbons (Fsp3) is 0.421.